The molecule has 0 bridgehead atoms. The number of halogens is 1. The van der Waals surface area contributed by atoms with Crippen molar-refractivity contribution in [3.63, 3.8) is 0 Å². The van der Waals surface area contributed by atoms with Gasteiger partial charge in [-0.2, -0.15) is 0 Å². The predicted molar refractivity (Wildman–Crippen MR) is 63.6 cm³/mol. The van der Waals surface area contributed by atoms with Gasteiger partial charge in [-0.3, -0.25) is 4.79 Å². The second kappa shape index (κ2) is 3.63. The number of benzene rings is 1. The summed E-state index contributed by atoms with van der Waals surface area (Å²) in [6.45, 7) is 0. The Morgan fingerprint density at radius 1 is 1.06 bits per heavy atom. The fourth-order valence-electron chi connectivity index (χ4n) is 2.57. The number of carbonyl (C=O) groups excluding carboxylic acids is 1. The average Bonchev–Trinajstić information content (AvgIpc) is 2.33. The second-order valence-electron chi connectivity index (χ2n) is 4.26. The molecule has 0 radical (unpaired) electrons. The number of aryl methyl sites for hydroxylation is 1. The Bertz CT molecular complexity index is 492. The van der Waals surface area contributed by atoms with Gasteiger partial charge >= 0.3 is 0 Å². The zero-order valence-electron chi connectivity index (χ0n) is 8.87. The standard InChI is InChI=1S/C13H12ClNO/c14-15-12-7-5-9-3-1-2-4-10(9)11(12)6-8-13(15)16/h1-4H,5-8H2. The van der Waals surface area contributed by atoms with Crippen molar-refractivity contribution in [1.82, 2.24) is 4.42 Å². The molecule has 1 aromatic carbocycles. The fourth-order valence-corrected chi connectivity index (χ4v) is 2.84. The zero-order valence-corrected chi connectivity index (χ0v) is 9.63. The molecule has 1 aliphatic carbocycles. The molecule has 0 saturated heterocycles. The van der Waals surface area contributed by atoms with Gasteiger partial charge in [-0.25, -0.2) is 4.42 Å². The molecule has 82 valence electrons. The summed E-state index contributed by atoms with van der Waals surface area (Å²) in [6, 6.07) is 8.40. The van der Waals surface area contributed by atoms with Crippen molar-refractivity contribution >= 4 is 23.3 Å². The minimum absolute atomic E-state index is 0.0276. The molecule has 1 amide bonds. The molecule has 0 unspecified atom stereocenters. The van der Waals surface area contributed by atoms with Gasteiger partial charge in [0, 0.05) is 23.9 Å². The van der Waals surface area contributed by atoms with Gasteiger partial charge in [0.05, 0.1) is 0 Å². The highest BCUT2D eigenvalue weighted by Gasteiger charge is 2.29. The molecule has 0 fully saturated rings. The van der Waals surface area contributed by atoms with Crippen molar-refractivity contribution in [2.45, 2.75) is 25.7 Å². The van der Waals surface area contributed by atoms with Crippen LogP contribution < -0.4 is 0 Å². The Morgan fingerprint density at radius 2 is 1.88 bits per heavy atom. The first-order chi connectivity index (χ1) is 7.77. The van der Waals surface area contributed by atoms with Gasteiger partial charge < -0.3 is 0 Å². The lowest BCUT2D eigenvalue weighted by atomic mass is 9.84. The number of carbonyl (C=O) groups is 1. The second-order valence-corrected chi connectivity index (χ2v) is 4.60. The number of hydrogen-bond acceptors (Lipinski definition) is 1. The summed E-state index contributed by atoms with van der Waals surface area (Å²) in [5.74, 6) is 0.0276. The molecule has 1 heterocycles. The largest absolute Gasteiger partial charge is 0.273 e. The van der Waals surface area contributed by atoms with E-state index in [-0.39, 0.29) is 5.91 Å². The number of nitrogens with zero attached hydrogens (tertiary/aromatic N) is 1. The number of amides is 1. The van der Waals surface area contributed by atoms with Crippen molar-refractivity contribution < 1.29 is 4.79 Å². The van der Waals surface area contributed by atoms with Crippen molar-refractivity contribution in [1.29, 1.82) is 0 Å². The van der Waals surface area contributed by atoms with Crippen LogP contribution in [0.2, 0.25) is 0 Å². The highest BCUT2D eigenvalue weighted by molar-refractivity contribution is 6.23. The summed E-state index contributed by atoms with van der Waals surface area (Å²) in [6.07, 6.45) is 3.21. The van der Waals surface area contributed by atoms with Gasteiger partial charge in [-0.05, 0) is 36.0 Å². The van der Waals surface area contributed by atoms with Crippen molar-refractivity contribution in [3.05, 3.63) is 41.1 Å². The minimum atomic E-state index is 0.0276. The Kier molecular flexibility index (Phi) is 2.25. The summed E-state index contributed by atoms with van der Waals surface area (Å²) in [5.41, 5.74) is 4.93. The van der Waals surface area contributed by atoms with Crippen molar-refractivity contribution in [2.75, 3.05) is 0 Å². The molecule has 1 aromatic rings. The number of allylic oxidation sites excluding steroid dienone is 2. The maximum Gasteiger partial charge on any atom is 0.241 e. The monoisotopic (exact) mass is 233 g/mol. The Morgan fingerprint density at radius 3 is 2.75 bits per heavy atom. The summed E-state index contributed by atoms with van der Waals surface area (Å²) < 4.78 is 1.33. The fraction of sp³-hybridized carbons (Fsp3) is 0.308. The van der Waals surface area contributed by atoms with Gasteiger partial charge in [0.2, 0.25) is 5.91 Å². The Hall–Kier alpha value is -1.28. The Balaban J connectivity index is 2.14. The highest BCUT2D eigenvalue weighted by atomic mass is 35.5. The van der Waals surface area contributed by atoms with Crippen LogP contribution in [0.25, 0.3) is 5.57 Å². The van der Waals surface area contributed by atoms with Crippen LogP contribution in [-0.4, -0.2) is 10.3 Å². The number of rotatable bonds is 0. The Labute approximate surface area is 99.6 Å². The van der Waals surface area contributed by atoms with Crippen LogP contribution in [0.15, 0.2) is 30.0 Å². The molecule has 0 aromatic heterocycles. The highest BCUT2D eigenvalue weighted by Crippen LogP contribution is 2.39. The van der Waals surface area contributed by atoms with E-state index in [9.17, 15) is 4.79 Å². The zero-order chi connectivity index (χ0) is 11.1. The van der Waals surface area contributed by atoms with Crippen molar-refractivity contribution in [3.8, 4) is 0 Å². The smallest absolute Gasteiger partial charge is 0.241 e. The van der Waals surface area contributed by atoms with Gasteiger partial charge in [0.1, 0.15) is 0 Å². The molecule has 3 heteroatoms. The third kappa shape index (κ3) is 1.37. The van der Waals surface area contributed by atoms with Crippen LogP contribution in [0.5, 0.6) is 0 Å². The lowest BCUT2D eigenvalue weighted by Crippen LogP contribution is -2.28. The molecule has 2 aliphatic rings. The molecule has 16 heavy (non-hydrogen) atoms. The predicted octanol–water partition coefficient (Wildman–Crippen LogP) is 3.12. The van der Waals surface area contributed by atoms with E-state index < -0.39 is 0 Å². The summed E-state index contributed by atoms with van der Waals surface area (Å²) >= 11 is 6.03. The summed E-state index contributed by atoms with van der Waals surface area (Å²) in [5, 5.41) is 0. The molecular weight excluding hydrogens is 222 g/mol. The molecular formula is C13H12ClNO. The third-order valence-corrected chi connectivity index (χ3v) is 3.76. The normalized spacial score (nSPS) is 19.6. The van der Waals surface area contributed by atoms with Gasteiger partial charge in [-0.15, -0.1) is 0 Å². The molecule has 2 nitrogen and oxygen atoms in total. The molecule has 0 atom stereocenters. The van der Waals surface area contributed by atoms with Crippen LogP contribution in [0, 0.1) is 0 Å². The first-order valence-electron chi connectivity index (χ1n) is 5.56. The number of fused-ring (bicyclic) bond motifs is 2. The third-order valence-electron chi connectivity index (χ3n) is 3.37. The first kappa shape index (κ1) is 9.91. The van der Waals surface area contributed by atoms with Gasteiger partial charge in [-0.1, -0.05) is 24.3 Å². The number of hydrogen-bond donors (Lipinski definition) is 0. The van der Waals surface area contributed by atoms with E-state index in [1.165, 1.54) is 21.1 Å². The molecule has 3 rings (SSSR count). The SMILES string of the molecule is O=C1CCC2=C(CCc3ccccc32)N1Cl. The van der Waals surface area contributed by atoms with Crippen LogP contribution in [0.3, 0.4) is 0 Å². The summed E-state index contributed by atoms with van der Waals surface area (Å²) in [4.78, 5) is 11.5. The van der Waals surface area contributed by atoms with Gasteiger partial charge in [0.15, 0.2) is 0 Å². The van der Waals surface area contributed by atoms with E-state index in [1.54, 1.807) is 0 Å². The van der Waals surface area contributed by atoms with Crippen LogP contribution in [0.1, 0.15) is 30.4 Å². The van der Waals surface area contributed by atoms with Crippen molar-refractivity contribution in [2.24, 2.45) is 0 Å². The van der Waals surface area contributed by atoms with E-state index >= 15 is 0 Å². The lowest BCUT2D eigenvalue weighted by Gasteiger charge is -2.31. The summed E-state index contributed by atoms with van der Waals surface area (Å²) in [7, 11) is 0. The lowest BCUT2D eigenvalue weighted by molar-refractivity contribution is -0.125. The van der Waals surface area contributed by atoms with Crippen LogP contribution in [-0.2, 0) is 11.2 Å². The molecule has 1 aliphatic heterocycles. The van der Waals surface area contributed by atoms with E-state index in [2.05, 4.69) is 18.2 Å². The first-order valence-corrected chi connectivity index (χ1v) is 5.90. The average molecular weight is 234 g/mol. The van der Waals surface area contributed by atoms with Crippen LogP contribution in [0.4, 0.5) is 0 Å². The van der Waals surface area contributed by atoms with E-state index in [1.807, 2.05) is 6.07 Å². The maximum atomic E-state index is 11.5. The van der Waals surface area contributed by atoms with E-state index in [0.717, 1.165) is 25.0 Å². The van der Waals surface area contributed by atoms with Gasteiger partial charge in [0.25, 0.3) is 0 Å². The van der Waals surface area contributed by atoms with E-state index in [4.69, 9.17) is 11.8 Å². The van der Waals surface area contributed by atoms with E-state index in [0.29, 0.717) is 6.42 Å². The maximum absolute atomic E-state index is 11.5. The topological polar surface area (TPSA) is 20.3 Å². The molecule has 0 N–H and O–H groups in total. The van der Waals surface area contributed by atoms with Crippen LogP contribution >= 0.6 is 11.8 Å². The quantitative estimate of drug-likeness (QED) is 0.631. The molecule has 0 spiro atoms. The minimum Gasteiger partial charge on any atom is -0.273 e. The molecule has 0 saturated carbocycles.